The molecule has 0 N–H and O–H groups in total. The Morgan fingerprint density at radius 1 is 0.648 bits per heavy atom. The number of nitriles is 1. The maximum Gasteiger partial charge on any atom is 0.311 e. The number of carbonyl (C=O) groups excluding carboxylic acids is 2. The summed E-state index contributed by atoms with van der Waals surface area (Å²) >= 11 is 0. The fraction of sp³-hybridized carbons (Fsp3) is 0.800. The van der Waals surface area contributed by atoms with Crippen molar-refractivity contribution < 1.29 is 38.0 Å². The molecule has 0 saturated carbocycles. The Kier molecular flexibility index (Phi) is 31.0. The summed E-state index contributed by atoms with van der Waals surface area (Å²) in [5.41, 5.74) is 0.282. The van der Waals surface area contributed by atoms with Crippen LogP contribution in [-0.2, 0) is 38.0 Å². The van der Waals surface area contributed by atoms with E-state index in [1.54, 1.807) is 7.11 Å². The second-order valence-corrected chi connectivity index (χ2v) is 15.3. The lowest BCUT2D eigenvalue weighted by atomic mass is 9.77. The molecule has 1 aromatic rings. The van der Waals surface area contributed by atoms with Gasteiger partial charge < -0.3 is 28.4 Å². The van der Waals surface area contributed by atoms with E-state index in [-0.39, 0.29) is 36.8 Å². The zero-order valence-corrected chi connectivity index (χ0v) is 34.9. The van der Waals surface area contributed by atoms with E-state index in [4.69, 9.17) is 28.4 Å². The van der Waals surface area contributed by atoms with E-state index < -0.39 is 11.3 Å². The third-order valence-corrected chi connectivity index (χ3v) is 9.93. The number of unbranched alkanes of at least 4 members (excludes halogenated alkanes) is 9. The fourth-order valence-electron chi connectivity index (χ4n) is 6.65. The van der Waals surface area contributed by atoms with E-state index in [0.29, 0.717) is 65.5 Å². The van der Waals surface area contributed by atoms with Crippen molar-refractivity contribution in [2.45, 2.75) is 149 Å². The zero-order chi connectivity index (χ0) is 39.5. The van der Waals surface area contributed by atoms with Crippen molar-refractivity contribution in [2.24, 2.45) is 17.3 Å². The van der Waals surface area contributed by atoms with Gasteiger partial charge in [0, 0.05) is 65.7 Å². The molecule has 1 aromatic carbocycles. The predicted octanol–water partition coefficient (Wildman–Crippen LogP) is 10.4. The maximum atomic E-state index is 13.6. The van der Waals surface area contributed by atoms with Gasteiger partial charge in [-0.1, -0.05) is 102 Å². The van der Waals surface area contributed by atoms with E-state index in [0.717, 1.165) is 51.6 Å². The lowest BCUT2D eigenvalue weighted by Crippen LogP contribution is -2.33. The van der Waals surface area contributed by atoms with Gasteiger partial charge in [0.15, 0.2) is 0 Å². The molecule has 0 amide bonds. The molecule has 0 saturated heterocycles. The van der Waals surface area contributed by atoms with Crippen LogP contribution in [0.15, 0.2) is 30.3 Å². The van der Waals surface area contributed by atoms with Crippen LogP contribution in [0.2, 0.25) is 0 Å². The largest absolute Gasteiger partial charge is 0.465 e. The van der Waals surface area contributed by atoms with Crippen LogP contribution in [0.5, 0.6) is 0 Å². The summed E-state index contributed by atoms with van der Waals surface area (Å²) in [4.78, 5) is 26.9. The molecule has 3 unspecified atom stereocenters. The second kappa shape index (κ2) is 33.8. The van der Waals surface area contributed by atoms with E-state index in [1.807, 2.05) is 32.0 Å². The molecule has 0 aromatic heterocycles. The number of benzene rings is 1. The quantitative estimate of drug-likeness (QED) is 0.0483. The first-order chi connectivity index (χ1) is 26.3. The van der Waals surface area contributed by atoms with Gasteiger partial charge in [-0.25, -0.2) is 0 Å². The standard InChI is InChI=1S/C45H77NO8/c1-6-8-9-10-11-12-13-14-15-19-33-53-43(47)42(36-39(38-46)35-40(7-2)41-24-17-16-18-25-41)37-45(3,4)44(48)54-34-23-32-52-31-22-30-51-29-21-28-50-27-20-26-49-5/h16-18,24-25,39-40,42H,6-15,19-23,26-37H2,1-5H3. The van der Waals surface area contributed by atoms with Gasteiger partial charge in [-0.3, -0.25) is 9.59 Å². The Balaban J connectivity index is 2.54. The van der Waals surface area contributed by atoms with Gasteiger partial charge in [0.1, 0.15) is 0 Å². The monoisotopic (exact) mass is 760 g/mol. The number of carbonyl (C=O) groups is 2. The van der Waals surface area contributed by atoms with Crippen molar-refractivity contribution in [2.75, 3.05) is 66.6 Å². The molecule has 0 aliphatic carbocycles. The number of methoxy groups -OCH3 is 1. The molecule has 0 heterocycles. The number of ether oxygens (including phenoxy) is 6. The molecule has 310 valence electrons. The molecular formula is C45H77NO8. The SMILES string of the molecule is CCCCCCCCCCCCOC(=O)C(CC(C#N)CC(CC)c1ccccc1)CC(C)(C)C(=O)OCCCOCCCOCCCOCCCOC. The Bertz CT molecular complexity index is 1080. The normalized spacial score (nSPS) is 13.3. The van der Waals surface area contributed by atoms with Crippen molar-refractivity contribution in [1.82, 2.24) is 0 Å². The van der Waals surface area contributed by atoms with Gasteiger partial charge in [0.05, 0.1) is 30.6 Å². The summed E-state index contributed by atoms with van der Waals surface area (Å²) in [6.45, 7) is 13.1. The molecule has 9 heteroatoms. The molecule has 3 atom stereocenters. The van der Waals surface area contributed by atoms with E-state index in [1.165, 1.54) is 50.5 Å². The Morgan fingerprint density at radius 3 is 1.67 bits per heavy atom. The first-order valence-corrected chi connectivity index (χ1v) is 21.3. The van der Waals surface area contributed by atoms with Crippen LogP contribution in [0.25, 0.3) is 0 Å². The van der Waals surface area contributed by atoms with Crippen LogP contribution < -0.4 is 0 Å². The summed E-state index contributed by atoms with van der Waals surface area (Å²) < 4.78 is 33.3. The molecule has 0 aliphatic rings. The average molecular weight is 760 g/mol. The van der Waals surface area contributed by atoms with Crippen LogP contribution in [0.4, 0.5) is 0 Å². The van der Waals surface area contributed by atoms with Gasteiger partial charge >= 0.3 is 11.9 Å². The average Bonchev–Trinajstić information content (AvgIpc) is 3.18. The fourth-order valence-corrected chi connectivity index (χ4v) is 6.65. The van der Waals surface area contributed by atoms with E-state index >= 15 is 0 Å². The van der Waals surface area contributed by atoms with E-state index in [2.05, 4.69) is 32.0 Å². The number of hydrogen-bond donors (Lipinski definition) is 0. The zero-order valence-electron chi connectivity index (χ0n) is 34.9. The minimum atomic E-state index is -0.919. The highest BCUT2D eigenvalue weighted by Gasteiger charge is 2.37. The van der Waals surface area contributed by atoms with Crippen molar-refractivity contribution in [3.05, 3.63) is 35.9 Å². The number of esters is 2. The molecule has 9 nitrogen and oxygen atoms in total. The van der Waals surface area contributed by atoms with Crippen LogP contribution in [-0.4, -0.2) is 78.5 Å². The highest BCUT2D eigenvalue weighted by molar-refractivity contribution is 5.78. The predicted molar refractivity (Wildman–Crippen MR) is 216 cm³/mol. The summed E-state index contributed by atoms with van der Waals surface area (Å²) in [6, 6.07) is 12.7. The lowest BCUT2D eigenvalue weighted by Gasteiger charge is -2.29. The van der Waals surface area contributed by atoms with Gasteiger partial charge in [-0.2, -0.15) is 5.26 Å². The highest BCUT2D eigenvalue weighted by Crippen LogP contribution is 2.35. The molecular weight excluding hydrogens is 682 g/mol. The highest BCUT2D eigenvalue weighted by atomic mass is 16.5. The van der Waals surface area contributed by atoms with Crippen LogP contribution in [0.3, 0.4) is 0 Å². The van der Waals surface area contributed by atoms with E-state index in [9.17, 15) is 14.9 Å². The number of hydrogen-bond acceptors (Lipinski definition) is 9. The second-order valence-electron chi connectivity index (χ2n) is 15.3. The first-order valence-electron chi connectivity index (χ1n) is 21.3. The summed E-state index contributed by atoms with van der Waals surface area (Å²) in [6.07, 6.45) is 17.4. The molecule has 54 heavy (non-hydrogen) atoms. The Labute approximate surface area is 329 Å². The summed E-state index contributed by atoms with van der Waals surface area (Å²) in [5.74, 6) is -1.37. The Morgan fingerprint density at radius 2 is 1.15 bits per heavy atom. The van der Waals surface area contributed by atoms with Gasteiger partial charge in [-0.15, -0.1) is 0 Å². The molecule has 1 rings (SSSR count). The van der Waals surface area contributed by atoms with Crippen molar-refractivity contribution >= 4 is 11.9 Å². The number of nitrogens with zero attached hydrogens (tertiary/aromatic N) is 1. The molecule has 0 fully saturated rings. The van der Waals surface area contributed by atoms with Crippen molar-refractivity contribution in [1.29, 1.82) is 5.26 Å². The molecule has 0 aliphatic heterocycles. The third kappa shape index (κ3) is 25.5. The molecule has 0 radical (unpaired) electrons. The maximum absolute atomic E-state index is 13.6. The van der Waals surface area contributed by atoms with Gasteiger partial charge in [0.2, 0.25) is 0 Å². The molecule has 0 bridgehead atoms. The van der Waals surface area contributed by atoms with Crippen molar-refractivity contribution in [3.63, 3.8) is 0 Å². The van der Waals surface area contributed by atoms with Crippen molar-refractivity contribution in [3.8, 4) is 6.07 Å². The van der Waals surface area contributed by atoms with Gasteiger partial charge in [0.25, 0.3) is 0 Å². The minimum Gasteiger partial charge on any atom is -0.465 e. The minimum absolute atomic E-state index is 0.216. The van der Waals surface area contributed by atoms with Gasteiger partial charge in [-0.05, 0) is 76.7 Å². The molecule has 0 spiro atoms. The lowest BCUT2D eigenvalue weighted by molar-refractivity contribution is -0.158. The summed E-state index contributed by atoms with van der Waals surface area (Å²) in [7, 11) is 1.69. The van der Waals surface area contributed by atoms with Crippen LogP contribution in [0, 0.1) is 28.6 Å². The third-order valence-electron chi connectivity index (χ3n) is 9.93. The smallest absolute Gasteiger partial charge is 0.311 e. The van der Waals surface area contributed by atoms with Crippen LogP contribution in [0.1, 0.15) is 155 Å². The van der Waals surface area contributed by atoms with Crippen LogP contribution >= 0.6 is 0 Å². The Hall–Kier alpha value is -2.51. The summed E-state index contributed by atoms with van der Waals surface area (Å²) in [5, 5.41) is 10.2. The topological polar surface area (TPSA) is 113 Å². The number of rotatable bonds is 37. The first kappa shape index (κ1) is 49.5.